The van der Waals surface area contributed by atoms with Gasteiger partial charge in [0.15, 0.2) is 0 Å². The molecule has 1 unspecified atom stereocenters. The van der Waals surface area contributed by atoms with Crippen LogP contribution in [0.15, 0.2) is 65.7 Å². The molecule has 1 aliphatic carbocycles. The average molecular weight is 318 g/mol. The molecule has 1 atom stereocenters. The van der Waals surface area contributed by atoms with Crippen molar-refractivity contribution in [1.82, 2.24) is 4.90 Å². The maximum Gasteiger partial charge on any atom is 0.131 e. The third-order valence-corrected chi connectivity index (χ3v) is 5.44. The van der Waals surface area contributed by atoms with Gasteiger partial charge in [-0.25, -0.2) is 0 Å². The van der Waals surface area contributed by atoms with Gasteiger partial charge >= 0.3 is 0 Å². The van der Waals surface area contributed by atoms with Crippen molar-refractivity contribution in [3.05, 3.63) is 71.8 Å². The van der Waals surface area contributed by atoms with Crippen LogP contribution in [-0.2, 0) is 6.54 Å². The number of rotatable bonds is 4. The Morgan fingerprint density at radius 1 is 0.833 bits per heavy atom. The van der Waals surface area contributed by atoms with E-state index < -0.39 is 0 Å². The predicted octanol–water partition coefficient (Wildman–Crippen LogP) is 4.90. The van der Waals surface area contributed by atoms with Gasteiger partial charge in [-0.15, -0.1) is 0 Å². The van der Waals surface area contributed by atoms with Crippen LogP contribution in [0.5, 0.6) is 0 Å². The molecule has 1 heterocycles. The van der Waals surface area contributed by atoms with E-state index in [1.807, 2.05) is 0 Å². The Morgan fingerprint density at radius 2 is 1.50 bits per heavy atom. The fourth-order valence-electron chi connectivity index (χ4n) is 4.15. The van der Waals surface area contributed by atoms with Crippen LogP contribution in [0.4, 0.5) is 0 Å². The zero-order valence-corrected chi connectivity index (χ0v) is 14.3. The number of amidine groups is 1. The lowest BCUT2D eigenvalue weighted by molar-refractivity contribution is 0.282. The van der Waals surface area contributed by atoms with Gasteiger partial charge in [-0.2, -0.15) is 0 Å². The molecule has 0 saturated heterocycles. The van der Waals surface area contributed by atoms with Crippen molar-refractivity contribution < 1.29 is 0 Å². The van der Waals surface area contributed by atoms with Gasteiger partial charge in [0.05, 0.1) is 6.04 Å². The molecule has 4 rings (SSSR count). The van der Waals surface area contributed by atoms with E-state index in [4.69, 9.17) is 4.99 Å². The average Bonchev–Trinajstić information content (AvgIpc) is 3.08. The van der Waals surface area contributed by atoms with Gasteiger partial charge in [0, 0.05) is 18.7 Å². The second-order valence-electron chi connectivity index (χ2n) is 7.15. The molecule has 24 heavy (non-hydrogen) atoms. The number of nitrogens with zero attached hydrogens (tertiary/aromatic N) is 2. The highest BCUT2D eigenvalue weighted by Crippen LogP contribution is 2.32. The van der Waals surface area contributed by atoms with Gasteiger partial charge in [-0.05, 0) is 24.3 Å². The first-order valence-corrected chi connectivity index (χ1v) is 9.32. The third-order valence-electron chi connectivity index (χ3n) is 5.44. The number of hydrogen-bond acceptors (Lipinski definition) is 2. The van der Waals surface area contributed by atoms with Gasteiger partial charge in [0.2, 0.25) is 0 Å². The smallest absolute Gasteiger partial charge is 0.131 e. The monoisotopic (exact) mass is 318 g/mol. The molecule has 2 aromatic carbocycles. The standard InChI is InChI=1S/C22H26N2/c1-4-10-18(11-5-1)16-24-17-21(19-12-6-2-7-13-19)23-22(24)20-14-8-3-9-15-20/h1,3-5,8-11,14-15,19,21H,2,6-7,12-13,16-17H2. The van der Waals surface area contributed by atoms with Crippen LogP contribution >= 0.6 is 0 Å². The van der Waals surface area contributed by atoms with E-state index in [1.54, 1.807) is 0 Å². The SMILES string of the molecule is c1ccc(CN2CC(C3CCCCC3)N=C2c2ccccc2)cc1. The summed E-state index contributed by atoms with van der Waals surface area (Å²) < 4.78 is 0. The molecule has 0 radical (unpaired) electrons. The van der Waals surface area contributed by atoms with Crippen molar-refractivity contribution in [2.45, 2.75) is 44.7 Å². The van der Waals surface area contributed by atoms with Crippen molar-refractivity contribution >= 4 is 5.84 Å². The van der Waals surface area contributed by atoms with Crippen molar-refractivity contribution in [2.24, 2.45) is 10.9 Å². The van der Waals surface area contributed by atoms with Gasteiger partial charge in [-0.3, -0.25) is 4.99 Å². The fourth-order valence-corrected chi connectivity index (χ4v) is 4.15. The van der Waals surface area contributed by atoms with Crippen molar-refractivity contribution in [3.8, 4) is 0 Å². The van der Waals surface area contributed by atoms with E-state index in [0.29, 0.717) is 6.04 Å². The Bertz CT molecular complexity index is 672. The van der Waals surface area contributed by atoms with E-state index in [9.17, 15) is 0 Å². The number of benzene rings is 2. The van der Waals surface area contributed by atoms with Gasteiger partial charge in [0.25, 0.3) is 0 Å². The Morgan fingerprint density at radius 3 is 2.21 bits per heavy atom. The fraction of sp³-hybridized carbons (Fsp3) is 0.409. The van der Waals surface area contributed by atoms with Crippen LogP contribution in [0.25, 0.3) is 0 Å². The van der Waals surface area contributed by atoms with Crippen LogP contribution in [-0.4, -0.2) is 23.3 Å². The normalized spacial score (nSPS) is 21.8. The predicted molar refractivity (Wildman–Crippen MR) is 100 cm³/mol. The molecule has 0 bridgehead atoms. The lowest BCUT2D eigenvalue weighted by Gasteiger charge is -2.27. The molecular weight excluding hydrogens is 292 g/mol. The maximum atomic E-state index is 5.20. The highest BCUT2D eigenvalue weighted by Gasteiger charge is 2.32. The summed E-state index contributed by atoms with van der Waals surface area (Å²) in [5, 5.41) is 0. The number of aliphatic imine (C=N–C) groups is 1. The van der Waals surface area contributed by atoms with Crippen LogP contribution in [0, 0.1) is 5.92 Å². The molecule has 0 spiro atoms. The molecule has 1 aliphatic heterocycles. The summed E-state index contributed by atoms with van der Waals surface area (Å²) in [6.45, 7) is 2.03. The van der Waals surface area contributed by atoms with Crippen LogP contribution < -0.4 is 0 Å². The molecule has 124 valence electrons. The summed E-state index contributed by atoms with van der Waals surface area (Å²) in [5.74, 6) is 1.97. The third kappa shape index (κ3) is 3.38. The molecule has 2 aromatic rings. The van der Waals surface area contributed by atoms with Gasteiger partial charge in [0.1, 0.15) is 5.84 Å². The second-order valence-corrected chi connectivity index (χ2v) is 7.15. The Labute approximate surface area is 145 Å². The largest absolute Gasteiger partial charge is 0.350 e. The summed E-state index contributed by atoms with van der Waals surface area (Å²) in [6, 6.07) is 22.0. The molecule has 0 N–H and O–H groups in total. The molecule has 2 nitrogen and oxygen atoms in total. The zero-order valence-electron chi connectivity index (χ0n) is 14.3. The highest BCUT2D eigenvalue weighted by molar-refractivity contribution is 6.00. The van der Waals surface area contributed by atoms with Crippen molar-refractivity contribution in [1.29, 1.82) is 0 Å². The number of hydrogen-bond donors (Lipinski definition) is 0. The first-order chi connectivity index (χ1) is 11.9. The maximum absolute atomic E-state index is 5.20. The second kappa shape index (κ2) is 7.21. The molecular formula is C22H26N2. The highest BCUT2D eigenvalue weighted by atomic mass is 15.3. The van der Waals surface area contributed by atoms with E-state index in [0.717, 1.165) is 19.0 Å². The van der Waals surface area contributed by atoms with Crippen molar-refractivity contribution in [2.75, 3.05) is 6.54 Å². The zero-order chi connectivity index (χ0) is 16.2. The molecule has 2 aliphatic rings. The minimum atomic E-state index is 0.476. The summed E-state index contributed by atoms with van der Waals surface area (Å²) in [6.07, 6.45) is 6.89. The molecule has 2 heteroatoms. The lowest BCUT2D eigenvalue weighted by Crippen LogP contribution is -2.32. The minimum absolute atomic E-state index is 0.476. The van der Waals surface area contributed by atoms with Crippen LogP contribution in [0.1, 0.15) is 43.2 Å². The molecule has 1 saturated carbocycles. The summed E-state index contributed by atoms with van der Waals surface area (Å²) in [5.41, 5.74) is 2.62. The van der Waals surface area contributed by atoms with E-state index in [-0.39, 0.29) is 0 Å². The van der Waals surface area contributed by atoms with Gasteiger partial charge < -0.3 is 4.90 Å². The van der Waals surface area contributed by atoms with Crippen LogP contribution in [0.3, 0.4) is 0 Å². The quantitative estimate of drug-likeness (QED) is 0.783. The Hall–Kier alpha value is -2.09. The molecule has 0 amide bonds. The topological polar surface area (TPSA) is 15.6 Å². The Kier molecular flexibility index (Phi) is 4.64. The summed E-state index contributed by atoms with van der Waals surface area (Å²) >= 11 is 0. The van der Waals surface area contributed by atoms with Crippen molar-refractivity contribution in [3.63, 3.8) is 0 Å². The Balaban J connectivity index is 1.58. The first-order valence-electron chi connectivity index (χ1n) is 9.32. The first kappa shape index (κ1) is 15.4. The summed E-state index contributed by atoms with van der Waals surface area (Å²) in [4.78, 5) is 7.69. The minimum Gasteiger partial charge on any atom is -0.350 e. The molecule has 0 aromatic heterocycles. The van der Waals surface area contributed by atoms with E-state index >= 15 is 0 Å². The van der Waals surface area contributed by atoms with E-state index in [1.165, 1.54) is 49.1 Å². The summed E-state index contributed by atoms with van der Waals surface area (Å²) in [7, 11) is 0. The van der Waals surface area contributed by atoms with E-state index in [2.05, 4.69) is 65.6 Å². The van der Waals surface area contributed by atoms with Crippen LogP contribution in [0.2, 0.25) is 0 Å². The molecule has 1 fully saturated rings. The van der Waals surface area contributed by atoms with Gasteiger partial charge in [-0.1, -0.05) is 79.9 Å². The lowest BCUT2D eigenvalue weighted by atomic mass is 9.84.